The van der Waals surface area contributed by atoms with E-state index in [4.69, 9.17) is 10.5 Å². The molecule has 6 heteroatoms. The largest absolute Gasteiger partial charge is 0.381 e. The first-order chi connectivity index (χ1) is 7.02. The molecule has 92 valence electrons. The summed E-state index contributed by atoms with van der Waals surface area (Å²) in [7, 11) is -3.20. The average Bonchev–Trinajstić information content (AvgIpc) is 2.14. The lowest BCUT2D eigenvalue weighted by molar-refractivity contribution is 0.163. The van der Waals surface area contributed by atoms with Crippen molar-refractivity contribution in [3.8, 4) is 0 Å². The summed E-state index contributed by atoms with van der Waals surface area (Å²) in [6.45, 7) is 5.05. The van der Waals surface area contributed by atoms with E-state index in [-0.39, 0.29) is 18.4 Å². The lowest BCUT2D eigenvalue weighted by Crippen LogP contribution is -2.35. The molecule has 0 heterocycles. The van der Waals surface area contributed by atoms with Crippen LogP contribution in [-0.4, -0.2) is 40.0 Å². The molecule has 0 fully saturated rings. The van der Waals surface area contributed by atoms with E-state index in [0.29, 0.717) is 13.2 Å². The summed E-state index contributed by atoms with van der Waals surface area (Å²) in [5.41, 5.74) is 5.34. The fraction of sp³-hybridized carbons (Fsp3) is 1.00. The van der Waals surface area contributed by atoms with Gasteiger partial charge in [-0.25, -0.2) is 13.1 Å². The third kappa shape index (κ3) is 8.80. The molecule has 0 rings (SSSR count). The second-order valence-electron chi connectivity index (χ2n) is 3.47. The lowest BCUT2D eigenvalue weighted by atomic mass is 10.2. The fourth-order valence-electron chi connectivity index (χ4n) is 1.16. The maximum absolute atomic E-state index is 11.5. The third-order valence-electron chi connectivity index (χ3n) is 1.92. The Labute approximate surface area is 92.4 Å². The highest BCUT2D eigenvalue weighted by Gasteiger charge is 2.13. The molecular formula is C9H22N2O3S. The summed E-state index contributed by atoms with van der Waals surface area (Å²) in [6.07, 6.45) is 1.60. The minimum absolute atomic E-state index is 0.0216. The Morgan fingerprint density at radius 3 is 2.67 bits per heavy atom. The van der Waals surface area contributed by atoms with Crippen molar-refractivity contribution >= 4 is 10.0 Å². The predicted octanol–water partition coefficient (Wildman–Crippen LogP) is 0.0697. The molecule has 0 amide bonds. The third-order valence-corrected chi connectivity index (χ3v) is 3.39. The maximum atomic E-state index is 11.5. The molecule has 0 aromatic carbocycles. The molecule has 1 unspecified atom stereocenters. The second kappa shape index (κ2) is 8.04. The molecule has 0 aliphatic rings. The summed E-state index contributed by atoms with van der Waals surface area (Å²) in [5.74, 6) is 0.0216. The van der Waals surface area contributed by atoms with Crippen LogP contribution in [0, 0.1) is 0 Å². The van der Waals surface area contributed by atoms with Gasteiger partial charge in [-0.05, 0) is 33.2 Å². The van der Waals surface area contributed by atoms with Gasteiger partial charge in [0, 0.05) is 12.6 Å². The summed E-state index contributed by atoms with van der Waals surface area (Å²) in [6, 6.07) is -0.0554. The molecule has 0 aliphatic carbocycles. The van der Waals surface area contributed by atoms with Gasteiger partial charge in [0.25, 0.3) is 0 Å². The zero-order chi connectivity index (χ0) is 11.7. The van der Waals surface area contributed by atoms with E-state index in [1.54, 1.807) is 0 Å². The number of hydrogen-bond acceptors (Lipinski definition) is 4. The molecule has 1 atom stereocenters. The highest BCUT2D eigenvalue weighted by Crippen LogP contribution is 1.97. The van der Waals surface area contributed by atoms with Crippen LogP contribution in [0.15, 0.2) is 0 Å². The smallest absolute Gasteiger partial charge is 0.214 e. The van der Waals surface area contributed by atoms with Crippen molar-refractivity contribution in [2.24, 2.45) is 5.73 Å². The second-order valence-corrected chi connectivity index (χ2v) is 5.34. The van der Waals surface area contributed by atoms with Crippen LogP contribution >= 0.6 is 0 Å². The Balaban J connectivity index is 3.81. The number of rotatable bonds is 9. The molecular weight excluding hydrogens is 216 g/mol. The van der Waals surface area contributed by atoms with Crippen molar-refractivity contribution in [2.45, 2.75) is 32.7 Å². The topological polar surface area (TPSA) is 81.4 Å². The Morgan fingerprint density at radius 2 is 2.13 bits per heavy atom. The van der Waals surface area contributed by atoms with Crippen LogP contribution in [0.25, 0.3) is 0 Å². The number of nitrogens with one attached hydrogen (secondary N) is 1. The molecule has 0 radical (unpaired) electrons. The summed E-state index contributed by atoms with van der Waals surface area (Å²) in [5, 5.41) is 0. The quantitative estimate of drug-likeness (QED) is 0.557. The first-order valence-electron chi connectivity index (χ1n) is 5.29. The normalized spacial score (nSPS) is 14.1. The van der Waals surface area contributed by atoms with Crippen LogP contribution in [-0.2, 0) is 14.8 Å². The van der Waals surface area contributed by atoms with Crippen LogP contribution in [0.1, 0.15) is 26.7 Å². The molecule has 0 saturated heterocycles. The molecule has 0 saturated carbocycles. The zero-order valence-electron chi connectivity index (χ0n) is 9.53. The van der Waals surface area contributed by atoms with Crippen molar-refractivity contribution in [2.75, 3.05) is 25.5 Å². The Hall–Kier alpha value is -0.170. The van der Waals surface area contributed by atoms with E-state index >= 15 is 0 Å². The number of sulfonamides is 1. The minimum atomic E-state index is -3.20. The molecule has 15 heavy (non-hydrogen) atoms. The van der Waals surface area contributed by atoms with Gasteiger partial charge in [0.1, 0.15) is 0 Å². The van der Waals surface area contributed by atoms with Crippen molar-refractivity contribution in [3.63, 3.8) is 0 Å². The number of nitrogens with two attached hydrogens (primary N) is 1. The van der Waals surface area contributed by atoms with E-state index in [2.05, 4.69) is 4.72 Å². The average molecular weight is 238 g/mol. The van der Waals surface area contributed by atoms with E-state index in [0.717, 1.165) is 12.8 Å². The van der Waals surface area contributed by atoms with Gasteiger partial charge < -0.3 is 10.5 Å². The number of ether oxygens (including phenoxy) is 1. The summed E-state index contributed by atoms with van der Waals surface area (Å²) < 4.78 is 30.5. The van der Waals surface area contributed by atoms with Crippen LogP contribution in [0.5, 0.6) is 0 Å². The van der Waals surface area contributed by atoms with Crippen molar-refractivity contribution in [3.05, 3.63) is 0 Å². The predicted molar refractivity (Wildman–Crippen MR) is 61.2 cm³/mol. The maximum Gasteiger partial charge on any atom is 0.214 e. The van der Waals surface area contributed by atoms with Crippen molar-refractivity contribution < 1.29 is 13.2 Å². The lowest BCUT2D eigenvalue weighted by Gasteiger charge is -2.13. The molecule has 3 N–H and O–H groups in total. The highest BCUT2D eigenvalue weighted by atomic mass is 32.2. The molecule has 0 aromatic rings. The molecule has 0 aliphatic heterocycles. The SMILES string of the molecule is CCOCCS(=O)(=O)NC(C)CCCN. The Morgan fingerprint density at radius 1 is 1.47 bits per heavy atom. The molecule has 0 aromatic heterocycles. The monoisotopic (exact) mass is 238 g/mol. The summed E-state index contributed by atoms with van der Waals surface area (Å²) >= 11 is 0. The van der Waals surface area contributed by atoms with E-state index in [1.165, 1.54) is 0 Å². The Bertz CT molecular complexity index is 242. The van der Waals surface area contributed by atoms with Gasteiger partial charge in [-0.3, -0.25) is 0 Å². The van der Waals surface area contributed by atoms with Crippen LogP contribution in [0.2, 0.25) is 0 Å². The minimum Gasteiger partial charge on any atom is -0.381 e. The highest BCUT2D eigenvalue weighted by molar-refractivity contribution is 7.89. The van der Waals surface area contributed by atoms with Gasteiger partial charge in [-0.2, -0.15) is 0 Å². The van der Waals surface area contributed by atoms with Gasteiger partial charge in [0.15, 0.2) is 0 Å². The van der Waals surface area contributed by atoms with Gasteiger partial charge in [-0.1, -0.05) is 0 Å². The molecule has 0 spiro atoms. The molecule has 0 bridgehead atoms. The van der Waals surface area contributed by atoms with Crippen LogP contribution < -0.4 is 10.5 Å². The van der Waals surface area contributed by atoms with E-state index in [1.807, 2.05) is 13.8 Å². The Kier molecular flexibility index (Phi) is 7.95. The van der Waals surface area contributed by atoms with Crippen molar-refractivity contribution in [1.29, 1.82) is 0 Å². The fourth-order valence-corrected chi connectivity index (χ4v) is 2.35. The molecule has 5 nitrogen and oxygen atoms in total. The van der Waals surface area contributed by atoms with Gasteiger partial charge in [0.05, 0.1) is 12.4 Å². The first-order valence-corrected chi connectivity index (χ1v) is 6.95. The van der Waals surface area contributed by atoms with E-state index < -0.39 is 10.0 Å². The van der Waals surface area contributed by atoms with Crippen LogP contribution in [0.4, 0.5) is 0 Å². The number of hydrogen-bond donors (Lipinski definition) is 2. The summed E-state index contributed by atoms with van der Waals surface area (Å²) in [4.78, 5) is 0. The first kappa shape index (κ1) is 14.8. The van der Waals surface area contributed by atoms with Gasteiger partial charge in [0.2, 0.25) is 10.0 Å². The van der Waals surface area contributed by atoms with Gasteiger partial charge >= 0.3 is 0 Å². The van der Waals surface area contributed by atoms with E-state index in [9.17, 15) is 8.42 Å². The van der Waals surface area contributed by atoms with Gasteiger partial charge in [-0.15, -0.1) is 0 Å². The van der Waals surface area contributed by atoms with Crippen molar-refractivity contribution in [1.82, 2.24) is 4.72 Å². The van der Waals surface area contributed by atoms with Crippen LogP contribution in [0.3, 0.4) is 0 Å². The standard InChI is InChI=1S/C9H22N2O3S/c1-3-14-7-8-15(12,13)11-9(2)5-4-6-10/h9,11H,3-8,10H2,1-2H3. The zero-order valence-corrected chi connectivity index (χ0v) is 10.3.